The number of nitrogens with zero attached hydrogens (tertiary/aromatic N) is 3. The van der Waals surface area contributed by atoms with E-state index in [2.05, 4.69) is 20.5 Å². The third-order valence-electron chi connectivity index (χ3n) is 3.54. The quantitative estimate of drug-likeness (QED) is 0.488. The van der Waals surface area contributed by atoms with Gasteiger partial charge in [-0.05, 0) is 42.5 Å². The molecule has 0 aliphatic carbocycles. The molecule has 0 saturated heterocycles. The van der Waals surface area contributed by atoms with Crippen molar-refractivity contribution in [2.24, 2.45) is 10.2 Å². The SMILES string of the molecule is CN(C)c1ccc(NC(=S)N=Nc2c(O)[nH]c3ccccc23)cc1. The van der Waals surface area contributed by atoms with Crippen molar-refractivity contribution in [2.75, 3.05) is 24.3 Å². The molecule has 1 heterocycles. The van der Waals surface area contributed by atoms with E-state index in [9.17, 15) is 5.11 Å². The zero-order valence-electron chi connectivity index (χ0n) is 13.3. The third-order valence-corrected chi connectivity index (χ3v) is 3.72. The lowest BCUT2D eigenvalue weighted by Gasteiger charge is -2.12. The van der Waals surface area contributed by atoms with Crippen LogP contribution in [-0.4, -0.2) is 29.3 Å². The van der Waals surface area contributed by atoms with E-state index in [1.54, 1.807) is 0 Å². The van der Waals surface area contributed by atoms with E-state index < -0.39 is 0 Å². The Hall–Kier alpha value is -2.93. The number of fused-ring (bicyclic) bond motifs is 1. The van der Waals surface area contributed by atoms with Crippen LogP contribution in [0.3, 0.4) is 0 Å². The van der Waals surface area contributed by atoms with Crippen molar-refractivity contribution in [2.45, 2.75) is 0 Å². The van der Waals surface area contributed by atoms with Crippen LogP contribution in [0.15, 0.2) is 58.8 Å². The van der Waals surface area contributed by atoms with Crippen LogP contribution in [0.2, 0.25) is 0 Å². The summed E-state index contributed by atoms with van der Waals surface area (Å²) in [6.07, 6.45) is 0. The summed E-state index contributed by atoms with van der Waals surface area (Å²) in [5.74, 6) is -0.0296. The van der Waals surface area contributed by atoms with Gasteiger partial charge in [0.25, 0.3) is 0 Å². The second-order valence-corrected chi connectivity index (χ2v) is 5.83. The molecule has 6 nitrogen and oxygen atoms in total. The fourth-order valence-electron chi connectivity index (χ4n) is 2.30. The molecule has 0 atom stereocenters. The first-order valence-electron chi connectivity index (χ1n) is 7.34. The van der Waals surface area contributed by atoms with Crippen molar-refractivity contribution in [1.82, 2.24) is 4.98 Å². The zero-order chi connectivity index (χ0) is 17.1. The minimum absolute atomic E-state index is 0.0296. The second-order valence-electron chi connectivity index (χ2n) is 5.44. The molecule has 0 fully saturated rings. The van der Waals surface area contributed by atoms with Gasteiger partial charge in [-0.2, -0.15) is 0 Å². The Kier molecular flexibility index (Phi) is 4.43. The van der Waals surface area contributed by atoms with Crippen LogP contribution in [0.5, 0.6) is 5.88 Å². The van der Waals surface area contributed by atoms with E-state index in [4.69, 9.17) is 12.2 Å². The summed E-state index contributed by atoms with van der Waals surface area (Å²) in [5, 5.41) is 22.0. The summed E-state index contributed by atoms with van der Waals surface area (Å²) in [7, 11) is 3.96. The van der Waals surface area contributed by atoms with E-state index in [-0.39, 0.29) is 11.0 Å². The van der Waals surface area contributed by atoms with Crippen LogP contribution in [0.4, 0.5) is 17.1 Å². The Bertz CT molecular complexity index is 899. The van der Waals surface area contributed by atoms with Crippen LogP contribution in [0.1, 0.15) is 0 Å². The van der Waals surface area contributed by atoms with Crippen molar-refractivity contribution >= 4 is 45.3 Å². The van der Waals surface area contributed by atoms with Gasteiger partial charge >= 0.3 is 0 Å². The van der Waals surface area contributed by atoms with Crippen molar-refractivity contribution in [1.29, 1.82) is 0 Å². The van der Waals surface area contributed by atoms with Gasteiger partial charge < -0.3 is 20.3 Å². The zero-order valence-corrected chi connectivity index (χ0v) is 14.1. The monoisotopic (exact) mass is 339 g/mol. The molecule has 0 aliphatic rings. The number of H-pyrrole nitrogens is 1. The number of azo groups is 1. The average molecular weight is 339 g/mol. The number of aromatic amines is 1. The summed E-state index contributed by atoms with van der Waals surface area (Å²) >= 11 is 5.19. The van der Waals surface area contributed by atoms with Crippen LogP contribution >= 0.6 is 12.2 Å². The minimum Gasteiger partial charge on any atom is -0.493 e. The van der Waals surface area contributed by atoms with Gasteiger partial charge in [-0.3, -0.25) is 0 Å². The van der Waals surface area contributed by atoms with Crippen LogP contribution in [0.25, 0.3) is 10.9 Å². The molecule has 3 N–H and O–H groups in total. The first-order valence-corrected chi connectivity index (χ1v) is 7.75. The molecular formula is C17H17N5OS. The van der Waals surface area contributed by atoms with E-state index in [1.807, 2.05) is 67.5 Å². The van der Waals surface area contributed by atoms with E-state index >= 15 is 0 Å². The predicted molar refractivity (Wildman–Crippen MR) is 101 cm³/mol. The Balaban J connectivity index is 1.74. The van der Waals surface area contributed by atoms with Gasteiger partial charge in [0.1, 0.15) is 0 Å². The third kappa shape index (κ3) is 3.36. The number of para-hydroxylation sites is 1. The highest BCUT2D eigenvalue weighted by atomic mass is 32.1. The van der Waals surface area contributed by atoms with Gasteiger partial charge in [0.2, 0.25) is 11.0 Å². The lowest BCUT2D eigenvalue weighted by Crippen LogP contribution is -2.09. The maximum atomic E-state index is 9.94. The molecule has 2 aromatic carbocycles. The Labute approximate surface area is 144 Å². The molecule has 0 saturated carbocycles. The molecule has 7 heteroatoms. The fourth-order valence-corrected chi connectivity index (χ4v) is 2.46. The highest BCUT2D eigenvalue weighted by Gasteiger charge is 2.09. The maximum Gasteiger partial charge on any atom is 0.218 e. The normalized spacial score (nSPS) is 11.1. The maximum absolute atomic E-state index is 9.94. The summed E-state index contributed by atoms with van der Waals surface area (Å²) in [5.41, 5.74) is 3.09. The Morgan fingerprint density at radius 3 is 2.54 bits per heavy atom. The lowest BCUT2D eigenvalue weighted by atomic mass is 10.2. The van der Waals surface area contributed by atoms with Crippen molar-refractivity contribution in [3.63, 3.8) is 0 Å². The second kappa shape index (κ2) is 6.67. The molecule has 3 aromatic rings. The molecule has 24 heavy (non-hydrogen) atoms. The molecule has 1 aromatic heterocycles. The van der Waals surface area contributed by atoms with Crippen LogP contribution in [-0.2, 0) is 0 Å². The molecule has 0 bridgehead atoms. The molecular weight excluding hydrogens is 322 g/mol. The van der Waals surface area contributed by atoms with Crippen LogP contribution < -0.4 is 10.2 Å². The number of benzene rings is 2. The van der Waals surface area contributed by atoms with Gasteiger partial charge in [-0.1, -0.05) is 18.2 Å². The van der Waals surface area contributed by atoms with E-state index in [1.165, 1.54) is 0 Å². The Morgan fingerprint density at radius 2 is 1.83 bits per heavy atom. The minimum atomic E-state index is -0.0296. The first kappa shape index (κ1) is 15.9. The first-order chi connectivity index (χ1) is 11.5. The summed E-state index contributed by atoms with van der Waals surface area (Å²) in [6.45, 7) is 0. The summed E-state index contributed by atoms with van der Waals surface area (Å²) in [4.78, 5) is 4.87. The number of thiocarbonyl (C=S) groups is 1. The van der Waals surface area contributed by atoms with Crippen molar-refractivity contribution in [3.05, 3.63) is 48.5 Å². The van der Waals surface area contributed by atoms with Gasteiger partial charge in [-0.15, -0.1) is 10.2 Å². The predicted octanol–water partition coefficient (Wildman–Crippen LogP) is 4.42. The number of anilines is 2. The number of aromatic nitrogens is 1. The molecule has 0 radical (unpaired) electrons. The van der Waals surface area contributed by atoms with Gasteiger partial charge in [0.05, 0.1) is 5.52 Å². The standard InChI is InChI=1S/C17H17N5OS/c1-22(2)12-9-7-11(8-10-12)18-17(24)21-20-15-13-5-3-4-6-14(13)19-16(15)23/h3-10,19,23H,1-2H3,(H,18,24). The highest BCUT2D eigenvalue weighted by Crippen LogP contribution is 2.35. The summed E-state index contributed by atoms with van der Waals surface area (Å²) < 4.78 is 0. The topological polar surface area (TPSA) is 76.0 Å². The highest BCUT2D eigenvalue weighted by molar-refractivity contribution is 7.80. The molecule has 0 aliphatic heterocycles. The van der Waals surface area contributed by atoms with Crippen molar-refractivity contribution < 1.29 is 5.11 Å². The lowest BCUT2D eigenvalue weighted by molar-refractivity contribution is 0.459. The number of rotatable bonds is 3. The fraction of sp³-hybridized carbons (Fsp3) is 0.118. The molecule has 0 spiro atoms. The van der Waals surface area contributed by atoms with Gasteiger partial charge in [0, 0.05) is 30.9 Å². The summed E-state index contributed by atoms with van der Waals surface area (Å²) in [6, 6.07) is 15.3. The molecule has 0 amide bonds. The van der Waals surface area contributed by atoms with Crippen molar-refractivity contribution in [3.8, 4) is 5.88 Å². The van der Waals surface area contributed by atoms with E-state index in [0.717, 1.165) is 22.3 Å². The molecule has 122 valence electrons. The van der Waals surface area contributed by atoms with Gasteiger partial charge in [0.15, 0.2) is 5.69 Å². The number of hydrogen-bond donors (Lipinski definition) is 3. The average Bonchev–Trinajstić information content (AvgIpc) is 2.88. The Morgan fingerprint density at radius 1 is 1.12 bits per heavy atom. The smallest absolute Gasteiger partial charge is 0.218 e. The van der Waals surface area contributed by atoms with Gasteiger partial charge in [-0.25, -0.2) is 0 Å². The number of hydrogen-bond acceptors (Lipinski definition) is 4. The number of nitrogens with one attached hydrogen (secondary N) is 2. The van der Waals surface area contributed by atoms with Crippen LogP contribution in [0, 0.1) is 0 Å². The largest absolute Gasteiger partial charge is 0.493 e. The van der Waals surface area contributed by atoms with E-state index in [0.29, 0.717) is 5.69 Å². The molecule has 0 unspecified atom stereocenters. The number of aromatic hydroxyl groups is 1. The molecule has 3 rings (SSSR count).